The first-order chi connectivity index (χ1) is 10.7. The normalized spacial score (nSPS) is 19.7. The number of benzene rings is 1. The van der Waals surface area contributed by atoms with Gasteiger partial charge < -0.3 is 0 Å². The summed E-state index contributed by atoms with van der Waals surface area (Å²) in [4.78, 5) is 25.4. The average molecular weight is 313 g/mol. The molecule has 0 bridgehead atoms. The Morgan fingerprint density at radius 3 is 2.52 bits per heavy atom. The molecule has 122 valence electrons. The molecule has 2 aromatic rings. The maximum absolute atomic E-state index is 12.5. The summed E-state index contributed by atoms with van der Waals surface area (Å²) in [7, 11) is 3.46. The molecule has 1 aliphatic heterocycles. The van der Waals surface area contributed by atoms with Gasteiger partial charge in [0, 0.05) is 25.9 Å². The highest BCUT2D eigenvalue weighted by atomic mass is 16.2. The van der Waals surface area contributed by atoms with Gasteiger partial charge in [0.1, 0.15) is 0 Å². The number of fused-ring (bicyclic) bond motifs is 1. The second-order valence-corrected chi connectivity index (χ2v) is 7.37. The monoisotopic (exact) mass is 313 g/mol. The summed E-state index contributed by atoms with van der Waals surface area (Å²) in [5, 5.41) is 5.61. The molecule has 3 rings (SSSR count). The van der Waals surface area contributed by atoms with Gasteiger partial charge in [-0.1, -0.05) is 32.9 Å². The lowest BCUT2D eigenvalue weighted by Gasteiger charge is -2.26. The highest BCUT2D eigenvalue weighted by Crippen LogP contribution is 2.34. The van der Waals surface area contributed by atoms with Crippen molar-refractivity contribution >= 4 is 22.7 Å². The Bertz CT molecular complexity index is 798. The van der Waals surface area contributed by atoms with Gasteiger partial charge in [-0.15, -0.1) is 0 Å². The van der Waals surface area contributed by atoms with Crippen LogP contribution in [-0.4, -0.2) is 33.5 Å². The minimum atomic E-state index is -0.332. The van der Waals surface area contributed by atoms with E-state index in [2.05, 4.69) is 44.1 Å². The Morgan fingerprint density at radius 2 is 1.87 bits per heavy atom. The third kappa shape index (κ3) is 2.54. The molecule has 1 fully saturated rings. The molecule has 1 atom stereocenters. The Labute approximate surface area is 136 Å². The van der Waals surface area contributed by atoms with Crippen molar-refractivity contribution in [3.63, 3.8) is 0 Å². The number of carbonyl (C=O) groups excluding carboxylic acids is 2. The lowest BCUT2D eigenvalue weighted by atomic mass is 9.85. The van der Waals surface area contributed by atoms with Crippen LogP contribution in [0, 0.1) is 0 Å². The summed E-state index contributed by atoms with van der Waals surface area (Å²) in [6.45, 7) is 6.53. The van der Waals surface area contributed by atoms with Gasteiger partial charge in [-0.25, -0.2) is 0 Å². The molecule has 1 aromatic heterocycles. The van der Waals surface area contributed by atoms with Gasteiger partial charge in [0.05, 0.1) is 17.1 Å². The van der Waals surface area contributed by atoms with E-state index in [0.29, 0.717) is 12.8 Å². The third-order valence-corrected chi connectivity index (χ3v) is 4.73. The summed E-state index contributed by atoms with van der Waals surface area (Å²) in [5.41, 5.74) is 3.11. The molecule has 1 unspecified atom stereocenters. The molecule has 1 aliphatic rings. The van der Waals surface area contributed by atoms with Crippen LogP contribution in [0.3, 0.4) is 0 Å². The van der Waals surface area contributed by atoms with Crippen LogP contribution < -0.4 is 0 Å². The second kappa shape index (κ2) is 5.18. The van der Waals surface area contributed by atoms with Crippen molar-refractivity contribution in [3.05, 3.63) is 29.5 Å². The number of piperidine rings is 1. The molecule has 5 nitrogen and oxygen atoms in total. The van der Waals surface area contributed by atoms with Gasteiger partial charge in [-0.05, 0) is 23.5 Å². The summed E-state index contributed by atoms with van der Waals surface area (Å²) in [6, 6.07) is 6.31. The van der Waals surface area contributed by atoms with Crippen molar-refractivity contribution in [3.8, 4) is 0 Å². The number of likely N-dealkylation sites (tertiary alicyclic amines) is 1. The number of hydrogen-bond acceptors (Lipinski definition) is 3. The van der Waals surface area contributed by atoms with E-state index >= 15 is 0 Å². The van der Waals surface area contributed by atoms with Crippen LogP contribution in [0.5, 0.6) is 0 Å². The zero-order valence-electron chi connectivity index (χ0n) is 14.4. The number of imide groups is 1. The van der Waals surface area contributed by atoms with Crippen LogP contribution >= 0.6 is 0 Å². The van der Waals surface area contributed by atoms with Gasteiger partial charge in [-0.2, -0.15) is 5.10 Å². The number of carbonyl (C=O) groups is 2. The van der Waals surface area contributed by atoms with E-state index in [0.717, 1.165) is 16.6 Å². The SMILES string of the molecule is CN1C(=O)CCC(c2nn(C)c3cc(C(C)(C)C)ccc23)C1=O. The van der Waals surface area contributed by atoms with E-state index in [1.807, 2.05) is 11.7 Å². The van der Waals surface area contributed by atoms with E-state index < -0.39 is 0 Å². The number of amides is 2. The second-order valence-electron chi connectivity index (χ2n) is 7.37. The van der Waals surface area contributed by atoms with Gasteiger partial charge in [0.15, 0.2) is 0 Å². The van der Waals surface area contributed by atoms with Gasteiger partial charge in [-0.3, -0.25) is 19.2 Å². The van der Waals surface area contributed by atoms with Crippen LogP contribution in [0.1, 0.15) is 50.8 Å². The topological polar surface area (TPSA) is 55.2 Å². The van der Waals surface area contributed by atoms with Crippen LogP contribution in [0.2, 0.25) is 0 Å². The summed E-state index contributed by atoms with van der Waals surface area (Å²) >= 11 is 0. The fourth-order valence-electron chi connectivity index (χ4n) is 3.18. The third-order valence-electron chi connectivity index (χ3n) is 4.73. The van der Waals surface area contributed by atoms with Gasteiger partial charge in [0.2, 0.25) is 11.8 Å². The van der Waals surface area contributed by atoms with Crippen molar-refractivity contribution in [1.29, 1.82) is 0 Å². The fraction of sp³-hybridized carbons (Fsp3) is 0.500. The van der Waals surface area contributed by atoms with E-state index in [1.54, 1.807) is 7.05 Å². The first kappa shape index (κ1) is 15.7. The standard InChI is InChI=1S/C18H23N3O2/c1-18(2,3)11-6-7-12-14(10-11)21(5)19-16(12)13-8-9-15(22)20(4)17(13)23/h6-7,10,13H,8-9H2,1-5H3. The van der Waals surface area contributed by atoms with Gasteiger partial charge in [0.25, 0.3) is 0 Å². The first-order valence-corrected chi connectivity index (χ1v) is 7.97. The molecule has 5 heteroatoms. The van der Waals surface area contributed by atoms with E-state index in [4.69, 9.17) is 0 Å². The van der Waals surface area contributed by atoms with Crippen molar-refractivity contribution in [2.45, 2.75) is 44.9 Å². The number of hydrogen-bond donors (Lipinski definition) is 0. The Hall–Kier alpha value is -2.17. The molecule has 2 heterocycles. The summed E-state index contributed by atoms with van der Waals surface area (Å²) < 4.78 is 1.84. The molecular weight excluding hydrogens is 290 g/mol. The molecule has 1 saturated heterocycles. The molecule has 23 heavy (non-hydrogen) atoms. The van der Waals surface area contributed by atoms with Crippen LogP contribution in [0.4, 0.5) is 0 Å². The highest BCUT2D eigenvalue weighted by molar-refractivity contribution is 6.02. The molecule has 1 aromatic carbocycles. The van der Waals surface area contributed by atoms with Crippen molar-refractivity contribution in [2.75, 3.05) is 7.05 Å². The van der Waals surface area contributed by atoms with Crippen molar-refractivity contribution in [1.82, 2.24) is 14.7 Å². The minimum Gasteiger partial charge on any atom is -0.285 e. The van der Waals surface area contributed by atoms with Gasteiger partial charge >= 0.3 is 0 Å². The zero-order chi connectivity index (χ0) is 16.9. The molecule has 0 saturated carbocycles. The van der Waals surface area contributed by atoms with E-state index in [-0.39, 0.29) is 23.1 Å². The summed E-state index contributed by atoms with van der Waals surface area (Å²) in [5.74, 6) is -0.593. The zero-order valence-corrected chi connectivity index (χ0v) is 14.4. The lowest BCUT2D eigenvalue weighted by molar-refractivity contribution is -0.147. The van der Waals surface area contributed by atoms with Crippen LogP contribution in [0.15, 0.2) is 18.2 Å². The molecular formula is C18H23N3O2. The fourth-order valence-corrected chi connectivity index (χ4v) is 3.18. The predicted molar refractivity (Wildman–Crippen MR) is 89.2 cm³/mol. The average Bonchev–Trinajstić information content (AvgIpc) is 2.81. The maximum Gasteiger partial charge on any atom is 0.238 e. The molecule has 0 radical (unpaired) electrons. The molecule has 0 aliphatic carbocycles. The predicted octanol–water partition coefficient (Wildman–Crippen LogP) is 2.73. The summed E-state index contributed by atoms with van der Waals surface area (Å²) in [6.07, 6.45) is 0.931. The molecule has 0 spiro atoms. The molecule has 0 N–H and O–H groups in total. The largest absolute Gasteiger partial charge is 0.285 e. The Morgan fingerprint density at radius 1 is 1.17 bits per heavy atom. The van der Waals surface area contributed by atoms with E-state index in [1.165, 1.54) is 10.5 Å². The minimum absolute atomic E-state index is 0.0614. The Balaban J connectivity index is 2.09. The number of rotatable bonds is 1. The van der Waals surface area contributed by atoms with E-state index in [9.17, 15) is 9.59 Å². The first-order valence-electron chi connectivity index (χ1n) is 7.97. The smallest absolute Gasteiger partial charge is 0.238 e. The lowest BCUT2D eigenvalue weighted by Crippen LogP contribution is -2.41. The van der Waals surface area contributed by atoms with Crippen molar-refractivity contribution in [2.24, 2.45) is 7.05 Å². The molecule has 2 amide bonds. The maximum atomic E-state index is 12.5. The number of aromatic nitrogens is 2. The van der Waals surface area contributed by atoms with Crippen LogP contribution in [0.25, 0.3) is 10.9 Å². The van der Waals surface area contributed by atoms with Crippen molar-refractivity contribution < 1.29 is 9.59 Å². The van der Waals surface area contributed by atoms with Crippen LogP contribution in [-0.2, 0) is 22.1 Å². The Kier molecular flexibility index (Phi) is 3.54. The number of likely N-dealkylation sites (N-methyl/N-ethyl adjacent to an activating group) is 1. The highest BCUT2D eigenvalue weighted by Gasteiger charge is 2.35. The number of nitrogens with zero attached hydrogens (tertiary/aromatic N) is 3. The quantitative estimate of drug-likeness (QED) is 0.761. The number of aryl methyl sites for hydroxylation is 1.